The number of likely N-dealkylation sites (tertiary alicyclic amines) is 1. The van der Waals surface area contributed by atoms with E-state index >= 15 is 0 Å². The van der Waals surface area contributed by atoms with E-state index in [4.69, 9.17) is 0 Å². The second-order valence-corrected chi connectivity index (χ2v) is 6.85. The third-order valence-corrected chi connectivity index (χ3v) is 5.23. The van der Waals surface area contributed by atoms with Crippen molar-refractivity contribution >= 4 is 17.8 Å². The number of hydrogen-bond donors (Lipinski definition) is 1. The SMILES string of the molecule is CCN1CCC[C@@H](NC(=O)N2CCSCC[C@H]2C)C1. The quantitative estimate of drug-likeness (QED) is 0.843. The summed E-state index contributed by atoms with van der Waals surface area (Å²) in [4.78, 5) is 16.9. The molecule has 2 rings (SSSR count). The van der Waals surface area contributed by atoms with E-state index in [0.717, 1.165) is 38.2 Å². The molecule has 2 aliphatic heterocycles. The molecular formula is C14H27N3OS. The van der Waals surface area contributed by atoms with Gasteiger partial charge in [-0.3, -0.25) is 0 Å². The van der Waals surface area contributed by atoms with E-state index < -0.39 is 0 Å². The summed E-state index contributed by atoms with van der Waals surface area (Å²) < 4.78 is 0. The second kappa shape index (κ2) is 7.39. The predicted molar refractivity (Wildman–Crippen MR) is 81.8 cm³/mol. The number of carbonyl (C=O) groups excluding carboxylic acids is 1. The highest BCUT2D eigenvalue weighted by Gasteiger charge is 2.26. The maximum Gasteiger partial charge on any atom is 0.317 e. The van der Waals surface area contributed by atoms with Crippen LogP contribution < -0.4 is 5.32 Å². The minimum absolute atomic E-state index is 0.151. The Bertz CT molecular complexity index is 300. The molecule has 2 atom stereocenters. The van der Waals surface area contributed by atoms with Gasteiger partial charge in [0.05, 0.1) is 0 Å². The van der Waals surface area contributed by atoms with Crippen LogP contribution in [-0.2, 0) is 0 Å². The Morgan fingerprint density at radius 3 is 2.95 bits per heavy atom. The van der Waals surface area contributed by atoms with Gasteiger partial charge in [0, 0.05) is 30.9 Å². The summed E-state index contributed by atoms with van der Waals surface area (Å²) in [5.74, 6) is 2.25. The van der Waals surface area contributed by atoms with Crippen LogP contribution in [0.1, 0.15) is 33.1 Å². The lowest BCUT2D eigenvalue weighted by molar-refractivity contribution is 0.160. The van der Waals surface area contributed by atoms with Crippen molar-refractivity contribution in [2.75, 3.05) is 37.7 Å². The van der Waals surface area contributed by atoms with Crippen LogP contribution >= 0.6 is 11.8 Å². The molecule has 2 heterocycles. The van der Waals surface area contributed by atoms with Crippen molar-refractivity contribution in [2.45, 2.75) is 45.2 Å². The van der Waals surface area contributed by atoms with Crippen LogP contribution in [0.3, 0.4) is 0 Å². The Hall–Kier alpha value is -0.420. The van der Waals surface area contributed by atoms with Crippen LogP contribution in [-0.4, -0.2) is 65.6 Å². The predicted octanol–water partition coefficient (Wildman–Crippen LogP) is 2.01. The van der Waals surface area contributed by atoms with E-state index in [0.29, 0.717) is 12.1 Å². The topological polar surface area (TPSA) is 35.6 Å². The highest BCUT2D eigenvalue weighted by Crippen LogP contribution is 2.17. The van der Waals surface area contributed by atoms with Crippen molar-refractivity contribution in [3.05, 3.63) is 0 Å². The molecule has 0 saturated carbocycles. The Labute approximate surface area is 121 Å². The summed E-state index contributed by atoms with van der Waals surface area (Å²) in [6.45, 7) is 8.53. The van der Waals surface area contributed by atoms with Gasteiger partial charge in [0.15, 0.2) is 0 Å². The highest BCUT2D eigenvalue weighted by molar-refractivity contribution is 7.99. The van der Waals surface area contributed by atoms with E-state index in [2.05, 4.69) is 24.1 Å². The van der Waals surface area contributed by atoms with Crippen LogP contribution in [0.25, 0.3) is 0 Å². The molecule has 0 aromatic rings. The van der Waals surface area contributed by atoms with Crippen molar-refractivity contribution in [3.8, 4) is 0 Å². The number of rotatable bonds is 2. The molecule has 0 aliphatic carbocycles. The van der Waals surface area contributed by atoms with Gasteiger partial charge in [-0.2, -0.15) is 11.8 Å². The maximum absolute atomic E-state index is 12.4. The zero-order chi connectivity index (χ0) is 13.7. The molecule has 2 saturated heterocycles. The molecule has 0 spiro atoms. The first kappa shape index (κ1) is 15.0. The highest BCUT2D eigenvalue weighted by atomic mass is 32.2. The Morgan fingerprint density at radius 1 is 1.32 bits per heavy atom. The number of thioether (sulfide) groups is 1. The molecule has 0 aromatic carbocycles. The molecule has 110 valence electrons. The molecule has 2 fully saturated rings. The average Bonchev–Trinajstić information content (AvgIpc) is 2.63. The van der Waals surface area contributed by atoms with Gasteiger partial charge >= 0.3 is 6.03 Å². The molecule has 5 heteroatoms. The summed E-state index contributed by atoms with van der Waals surface area (Å²) >= 11 is 1.96. The van der Waals surface area contributed by atoms with Gasteiger partial charge in [-0.1, -0.05) is 6.92 Å². The third kappa shape index (κ3) is 4.28. The number of carbonyl (C=O) groups is 1. The fourth-order valence-corrected chi connectivity index (χ4v) is 3.95. The summed E-state index contributed by atoms with van der Waals surface area (Å²) in [6.07, 6.45) is 3.44. The number of likely N-dealkylation sites (N-methyl/N-ethyl adjacent to an activating group) is 1. The van der Waals surface area contributed by atoms with Crippen molar-refractivity contribution in [1.29, 1.82) is 0 Å². The first-order valence-corrected chi connectivity index (χ1v) is 8.73. The molecule has 19 heavy (non-hydrogen) atoms. The second-order valence-electron chi connectivity index (χ2n) is 5.63. The number of hydrogen-bond acceptors (Lipinski definition) is 3. The van der Waals surface area contributed by atoms with Crippen LogP contribution in [0, 0.1) is 0 Å². The van der Waals surface area contributed by atoms with Gasteiger partial charge in [0.2, 0.25) is 0 Å². The van der Waals surface area contributed by atoms with Gasteiger partial charge in [0.25, 0.3) is 0 Å². The number of piperidine rings is 1. The van der Waals surface area contributed by atoms with Crippen LogP contribution in [0.2, 0.25) is 0 Å². The third-order valence-electron chi connectivity index (χ3n) is 4.23. The zero-order valence-corrected chi connectivity index (χ0v) is 13.0. The molecule has 0 aromatic heterocycles. The molecule has 0 unspecified atom stereocenters. The molecule has 4 nitrogen and oxygen atoms in total. The van der Waals surface area contributed by atoms with Gasteiger partial charge in [-0.25, -0.2) is 4.79 Å². The minimum atomic E-state index is 0.151. The Kier molecular flexibility index (Phi) is 5.82. The number of nitrogens with one attached hydrogen (secondary N) is 1. The molecule has 0 bridgehead atoms. The number of urea groups is 1. The zero-order valence-electron chi connectivity index (χ0n) is 12.2. The van der Waals surface area contributed by atoms with Gasteiger partial charge in [-0.15, -0.1) is 0 Å². The molecule has 2 aliphatic rings. The van der Waals surface area contributed by atoms with E-state index in [1.165, 1.54) is 18.7 Å². The lowest BCUT2D eigenvalue weighted by atomic mass is 10.1. The summed E-state index contributed by atoms with van der Waals surface area (Å²) in [6, 6.07) is 0.864. The normalized spacial score (nSPS) is 29.9. The van der Waals surface area contributed by atoms with Crippen LogP contribution in [0.15, 0.2) is 0 Å². The Morgan fingerprint density at radius 2 is 2.16 bits per heavy atom. The first-order chi connectivity index (χ1) is 9.20. The Balaban J connectivity index is 1.85. The van der Waals surface area contributed by atoms with Crippen molar-refractivity contribution in [3.63, 3.8) is 0 Å². The standard InChI is InChI=1S/C14H27N3OS/c1-3-16-7-4-5-13(11-16)15-14(18)17-8-10-19-9-6-12(17)2/h12-13H,3-11H2,1-2H3,(H,15,18)/t12-,13-/m1/s1. The van der Waals surface area contributed by atoms with Crippen molar-refractivity contribution < 1.29 is 4.79 Å². The summed E-state index contributed by atoms with van der Waals surface area (Å²) in [5.41, 5.74) is 0. The number of nitrogens with zero attached hydrogens (tertiary/aromatic N) is 2. The van der Waals surface area contributed by atoms with E-state index in [1.54, 1.807) is 0 Å². The van der Waals surface area contributed by atoms with Crippen molar-refractivity contribution in [1.82, 2.24) is 15.1 Å². The molecule has 2 amide bonds. The summed E-state index contributed by atoms with van der Waals surface area (Å²) in [7, 11) is 0. The average molecular weight is 285 g/mol. The fraction of sp³-hybridized carbons (Fsp3) is 0.929. The minimum Gasteiger partial charge on any atom is -0.334 e. The van der Waals surface area contributed by atoms with Gasteiger partial charge < -0.3 is 15.1 Å². The van der Waals surface area contributed by atoms with Crippen LogP contribution in [0.5, 0.6) is 0 Å². The largest absolute Gasteiger partial charge is 0.334 e. The van der Waals surface area contributed by atoms with Crippen molar-refractivity contribution in [2.24, 2.45) is 0 Å². The summed E-state index contributed by atoms with van der Waals surface area (Å²) in [5, 5.41) is 3.25. The molecular weight excluding hydrogens is 258 g/mol. The van der Waals surface area contributed by atoms with Gasteiger partial charge in [-0.05, 0) is 45.0 Å². The van der Waals surface area contributed by atoms with E-state index in [-0.39, 0.29) is 6.03 Å². The fourth-order valence-electron chi connectivity index (χ4n) is 2.91. The monoisotopic (exact) mass is 285 g/mol. The smallest absolute Gasteiger partial charge is 0.317 e. The van der Waals surface area contributed by atoms with Crippen LogP contribution in [0.4, 0.5) is 4.79 Å². The molecule has 1 N–H and O–H groups in total. The van der Waals surface area contributed by atoms with E-state index in [1.807, 2.05) is 16.7 Å². The lowest BCUT2D eigenvalue weighted by Crippen LogP contribution is -2.53. The number of amides is 2. The molecule has 0 radical (unpaired) electrons. The lowest BCUT2D eigenvalue weighted by Gasteiger charge is -2.35. The maximum atomic E-state index is 12.4. The van der Waals surface area contributed by atoms with E-state index in [9.17, 15) is 4.79 Å². The van der Waals surface area contributed by atoms with Gasteiger partial charge in [0.1, 0.15) is 0 Å². The first-order valence-electron chi connectivity index (χ1n) is 7.58.